The van der Waals surface area contributed by atoms with Crippen LogP contribution in [0.5, 0.6) is 11.5 Å². The molecule has 1 aromatic heterocycles. The normalized spacial score (nSPS) is 23.2. The number of rotatable bonds is 4. The molecule has 0 amide bonds. The van der Waals surface area contributed by atoms with Crippen LogP contribution in [0.25, 0.3) is 5.69 Å². The van der Waals surface area contributed by atoms with Gasteiger partial charge in [0.25, 0.3) is 0 Å². The minimum atomic E-state index is -0.207. The summed E-state index contributed by atoms with van der Waals surface area (Å²) >= 11 is 0. The first-order chi connectivity index (χ1) is 16.1. The number of nitrogens with zero attached hydrogens (tertiary/aromatic N) is 2. The third-order valence-corrected chi connectivity index (χ3v) is 7.66. The first kappa shape index (κ1) is 20.6. The fourth-order valence-corrected chi connectivity index (χ4v) is 5.86. The van der Waals surface area contributed by atoms with Gasteiger partial charge in [0.2, 0.25) is 0 Å². The molecular formula is C27H31N3O3. The van der Waals surface area contributed by atoms with E-state index in [1.807, 2.05) is 18.2 Å². The highest BCUT2D eigenvalue weighted by atomic mass is 16.5. The van der Waals surface area contributed by atoms with Gasteiger partial charge in [-0.3, -0.25) is 4.90 Å². The van der Waals surface area contributed by atoms with Gasteiger partial charge in [0.15, 0.2) is 0 Å². The maximum absolute atomic E-state index is 6.65. The Morgan fingerprint density at radius 1 is 0.970 bits per heavy atom. The van der Waals surface area contributed by atoms with E-state index < -0.39 is 0 Å². The van der Waals surface area contributed by atoms with Crippen molar-refractivity contribution in [2.24, 2.45) is 0 Å². The lowest BCUT2D eigenvalue weighted by Crippen LogP contribution is -2.46. The van der Waals surface area contributed by atoms with Gasteiger partial charge < -0.3 is 24.1 Å². The van der Waals surface area contributed by atoms with Crippen molar-refractivity contribution in [1.82, 2.24) is 9.47 Å². The van der Waals surface area contributed by atoms with Crippen LogP contribution >= 0.6 is 0 Å². The van der Waals surface area contributed by atoms with E-state index in [9.17, 15) is 0 Å². The number of hydrogen-bond acceptors (Lipinski definition) is 5. The number of methoxy groups -OCH3 is 2. The van der Waals surface area contributed by atoms with E-state index in [-0.39, 0.29) is 11.1 Å². The van der Waals surface area contributed by atoms with Crippen LogP contribution in [0.2, 0.25) is 0 Å². The second-order valence-corrected chi connectivity index (χ2v) is 9.63. The molecule has 6 rings (SSSR count). The molecule has 2 fully saturated rings. The summed E-state index contributed by atoms with van der Waals surface area (Å²) in [5.41, 5.74) is 4.61. The smallest absolute Gasteiger partial charge is 0.121 e. The van der Waals surface area contributed by atoms with Gasteiger partial charge in [-0.25, -0.2) is 0 Å². The van der Waals surface area contributed by atoms with Crippen LogP contribution in [-0.4, -0.2) is 49.0 Å². The number of likely N-dealkylation sites (tertiary alicyclic amines) is 1. The number of ether oxygens (including phenoxy) is 3. The zero-order valence-corrected chi connectivity index (χ0v) is 19.3. The molecule has 0 radical (unpaired) electrons. The molecule has 4 heterocycles. The molecule has 1 N–H and O–H groups in total. The van der Waals surface area contributed by atoms with Crippen LogP contribution in [0.1, 0.15) is 30.5 Å². The van der Waals surface area contributed by atoms with Crippen LogP contribution < -0.4 is 14.8 Å². The van der Waals surface area contributed by atoms with E-state index >= 15 is 0 Å². The van der Waals surface area contributed by atoms with Crippen LogP contribution in [0.3, 0.4) is 0 Å². The topological polar surface area (TPSA) is 47.9 Å². The van der Waals surface area contributed by atoms with E-state index in [1.165, 1.54) is 11.3 Å². The molecule has 0 saturated carbocycles. The van der Waals surface area contributed by atoms with Crippen LogP contribution in [-0.2, 0) is 16.8 Å². The largest absolute Gasteiger partial charge is 0.497 e. The lowest BCUT2D eigenvalue weighted by Gasteiger charge is -2.41. The van der Waals surface area contributed by atoms with Gasteiger partial charge >= 0.3 is 0 Å². The van der Waals surface area contributed by atoms with Crippen LogP contribution in [0.4, 0.5) is 5.69 Å². The fraction of sp³-hybridized carbons (Fsp3) is 0.407. The number of fused-ring (bicyclic) bond motifs is 4. The molecule has 0 unspecified atom stereocenters. The lowest BCUT2D eigenvalue weighted by molar-refractivity contribution is -0.0451. The first-order valence-electron chi connectivity index (χ1n) is 11.8. The van der Waals surface area contributed by atoms with E-state index in [1.54, 1.807) is 14.2 Å². The summed E-state index contributed by atoms with van der Waals surface area (Å²) in [7, 11) is 3.43. The molecule has 2 saturated heterocycles. The number of aromatic nitrogens is 1. The van der Waals surface area contributed by atoms with Crippen molar-refractivity contribution in [3.63, 3.8) is 0 Å². The van der Waals surface area contributed by atoms with E-state index in [0.717, 1.165) is 61.8 Å². The van der Waals surface area contributed by atoms with Gasteiger partial charge in [0.1, 0.15) is 17.0 Å². The molecule has 33 heavy (non-hydrogen) atoms. The number of nitrogens with one attached hydrogen (secondary N) is 1. The summed E-state index contributed by atoms with van der Waals surface area (Å²) in [6, 6.07) is 19.0. The molecule has 2 aromatic carbocycles. The summed E-state index contributed by atoms with van der Waals surface area (Å²) < 4.78 is 19.7. The highest BCUT2D eigenvalue weighted by Gasteiger charge is 2.53. The highest BCUT2D eigenvalue weighted by molar-refractivity contribution is 5.69. The predicted octanol–water partition coefficient (Wildman–Crippen LogP) is 4.57. The Morgan fingerprint density at radius 3 is 2.48 bits per heavy atom. The third kappa shape index (κ3) is 3.49. The van der Waals surface area contributed by atoms with Gasteiger partial charge in [0, 0.05) is 38.3 Å². The van der Waals surface area contributed by atoms with Crippen molar-refractivity contribution >= 4 is 5.69 Å². The van der Waals surface area contributed by atoms with E-state index in [0.29, 0.717) is 6.61 Å². The average molecular weight is 446 g/mol. The maximum Gasteiger partial charge on any atom is 0.121 e. The summed E-state index contributed by atoms with van der Waals surface area (Å²) in [6.07, 6.45) is 5.25. The molecular weight excluding hydrogens is 414 g/mol. The van der Waals surface area contributed by atoms with Gasteiger partial charge in [-0.15, -0.1) is 0 Å². The molecule has 6 nitrogen and oxygen atoms in total. The first-order valence-corrected chi connectivity index (χ1v) is 11.8. The lowest BCUT2D eigenvalue weighted by atomic mass is 9.79. The molecule has 0 aliphatic carbocycles. The Balaban J connectivity index is 1.19. The predicted molar refractivity (Wildman–Crippen MR) is 128 cm³/mol. The minimum absolute atomic E-state index is 0.0745. The van der Waals surface area contributed by atoms with Crippen molar-refractivity contribution in [3.8, 4) is 17.2 Å². The SMILES string of the molecule is COc1ccc(CN2CCC3(CC2)C[C@]2(CO3)Nc3cc(OC)ccc3-n3cccc32)cc1. The van der Waals surface area contributed by atoms with E-state index in [4.69, 9.17) is 14.2 Å². The van der Waals surface area contributed by atoms with Gasteiger partial charge in [-0.1, -0.05) is 12.1 Å². The monoisotopic (exact) mass is 445 g/mol. The van der Waals surface area contributed by atoms with Gasteiger partial charge in [-0.05, 0) is 54.8 Å². The van der Waals surface area contributed by atoms with Crippen LogP contribution in [0, 0.1) is 0 Å². The second-order valence-electron chi connectivity index (χ2n) is 9.63. The Labute approximate surface area is 195 Å². The summed E-state index contributed by atoms with van der Waals surface area (Å²) in [6.45, 7) is 3.76. The summed E-state index contributed by atoms with van der Waals surface area (Å²) in [5.74, 6) is 1.78. The van der Waals surface area contributed by atoms with Crippen molar-refractivity contribution in [1.29, 1.82) is 0 Å². The van der Waals surface area contributed by atoms with Crippen molar-refractivity contribution in [2.45, 2.75) is 36.9 Å². The summed E-state index contributed by atoms with van der Waals surface area (Å²) in [4.78, 5) is 2.54. The molecule has 6 heteroatoms. The molecule has 3 aromatic rings. The number of anilines is 1. The third-order valence-electron chi connectivity index (χ3n) is 7.66. The maximum atomic E-state index is 6.65. The van der Waals surface area contributed by atoms with Gasteiger partial charge in [0.05, 0.1) is 43.5 Å². The van der Waals surface area contributed by atoms with Crippen molar-refractivity contribution in [3.05, 3.63) is 72.1 Å². The molecule has 1 atom stereocenters. The van der Waals surface area contributed by atoms with Crippen molar-refractivity contribution < 1.29 is 14.2 Å². The zero-order valence-electron chi connectivity index (χ0n) is 19.3. The van der Waals surface area contributed by atoms with E-state index in [2.05, 4.69) is 57.4 Å². The number of piperidine rings is 1. The average Bonchev–Trinajstić information content (AvgIpc) is 3.48. The Kier molecular flexibility index (Phi) is 4.89. The summed E-state index contributed by atoms with van der Waals surface area (Å²) in [5, 5.41) is 3.87. The second kappa shape index (κ2) is 7.82. The standard InChI is InChI=1S/C27H31N3O3/c1-31-21-7-5-20(6-8-21)17-29-14-11-26(12-15-29)18-27(19-33-26)25-4-3-13-30(25)24-10-9-22(32-2)16-23(24)28-27/h3-10,13,16,28H,11-12,14-15,17-19H2,1-2H3/t27-/m1/s1. The quantitative estimate of drug-likeness (QED) is 0.638. The molecule has 3 aliphatic rings. The highest BCUT2D eigenvalue weighted by Crippen LogP contribution is 2.50. The molecule has 3 aliphatic heterocycles. The Bertz CT molecular complexity index is 1150. The fourth-order valence-electron chi connectivity index (χ4n) is 5.86. The molecule has 2 spiro atoms. The van der Waals surface area contributed by atoms with Crippen molar-refractivity contribution in [2.75, 3.05) is 39.2 Å². The Morgan fingerprint density at radius 2 is 1.73 bits per heavy atom. The number of hydrogen-bond donors (Lipinski definition) is 1. The zero-order chi connectivity index (χ0) is 22.5. The molecule has 0 bridgehead atoms. The molecule has 172 valence electrons. The number of benzene rings is 2. The minimum Gasteiger partial charge on any atom is -0.497 e. The Hall–Kier alpha value is -2.96. The van der Waals surface area contributed by atoms with Crippen LogP contribution in [0.15, 0.2) is 60.8 Å². The van der Waals surface area contributed by atoms with Gasteiger partial charge in [-0.2, -0.15) is 0 Å².